The fourth-order valence-corrected chi connectivity index (χ4v) is 5.16. The first-order chi connectivity index (χ1) is 18.3. The predicted molar refractivity (Wildman–Crippen MR) is 141 cm³/mol. The van der Waals surface area contributed by atoms with Crippen LogP contribution in [0.5, 0.6) is 5.88 Å². The molecule has 14 heteroatoms. The summed E-state index contributed by atoms with van der Waals surface area (Å²) in [6.45, 7) is 0. The van der Waals surface area contributed by atoms with Gasteiger partial charge in [-0.05, 0) is 29.8 Å². The van der Waals surface area contributed by atoms with Crippen molar-refractivity contribution in [1.82, 2.24) is 20.6 Å². The van der Waals surface area contributed by atoms with Crippen molar-refractivity contribution in [3.8, 4) is 11.9 Å². The van der Waals surface area contributed by atoms with E-state index in [9.17, 15) is 23.3 Å². The number of anilines is 2. The van der Waals surface area contributed by atoms with Crippen LogP contribution in [0.3, 0.4) is 0 Å². The van der Waals surface area contributed by atoms with Crippen LogP contribution in [0.15, 0.2) is 77.5 Å². The molecule has 4 rings (SSSR count). The van der Waals surface area contributed by atoms with Gasteiger partial charge in [0.15, 0.2) is 0 Å². The zero-order chi connectivity index (χ0) is 27.1. The second-order valence-electron chi connectivity index (χ2n) is 7.63. The van der Waals surface area contributed by atoms with Gasteiger partial charge in [-0.25, -0.2) is 18.4 Å². The minimum atomic E-state index is -3.98. The summed E-state index contributed by atoms with van der Waals surface area (Å²) in [5.41, 5.74) is 0.761. The summed E-state index contributed by atoms with van der Waals surface area (Å²) in [4.78, 5) is 32.7. The number of thioether (sulfide) groups is 1. The SMILES string of the molecule is COc1nccnc1NS(=O)(=O)c1ccc(NC(=O)CSC2NC(=O)C(C#N)=C(c3ccccc3)N2)cc1. The lowest BCUT2D eigenvalue weighted by Gasteiger charge is -2.27. The number of carbonyl (C=O) groups excluding carboxylic acids is 2. The van der Waals surface area contributed by atoms with Gasteiger partial charge in [-0.1, -0.05) is 30.3 Å². The number of hydrogen-bond acceptors (Lipinski definition) is 10. The fraction of sp³-hybridized carbons (Fsp3) is 0.125. The largest absolute Gasteiger partial charge is 0.478 e. The van der Waals surface area contributed by atoms with Crippen LogP contribution in [0.25, 0.3) is 5.70 Å². The average molecular weight is 552 g/mol. The van der Waals surface area contributed by atoms with E-state index in [1.165, 1.54) is 43.8 Å². The molecule has 0 aliphatic carbocycles. The quantitative estimate of drug-likeness (QED) is 0.307. The molecule has 12 nitrogen and oxygen atoms in total. The maximum Gasteiger partial charge on any atom is 0.266 e. The third-order valence-electron chi connectivity index (χ3n) is 5.11. The van der Waals surface area contributed by atoms with E-state index < -0.39 is 21.4 Å². The summed E-state index contributed by atoms with van der Waals surface area (Å²) in [5.74, 6) is -0.972. The van der Waals surface area contributed by atoms with Crippen LogP contribution in [-0.2, 0) is 19.6 Å². The van der Waals surface area contributed by atoms with Crippen LogP contribution < -0.4 is 25.4 Å². The third-order valence-corrected chi connectivity index (χ3v) is 7.46. The highest BCUT2D eigenvalue weighted by atomic mass is 32.2. The zero-order valence-electron chi connectivity index (χ0n) is 19.8. The summed E-state index contributed by atoms with van der Waals surface area (Å²) in [5, 5.41) is 17.8. The Labute approximate surface area is 222 Å². The van der Waals surface area contributed by atoms with Gasteiger partial charge in [-0.3, -0.25) is 14.3 Å². The number of benzene rings is 2. The minimum Gasteiger partial charge on any atom is -0.478 e. The highest BCUT2D eigenvalue weighted by Gasteiger charge is 2.28. The van der Waals surface area contributed by atoms with Gasteiger partial charge in [-0.15, -0.1) is 11.8 Å². The molecule has 0 bridgehead atoms. The van der Waals surface area contributed by atoms with Crippen molar-refractivity contribution in [1.29, 1.82) is 5.26 Å². The third kappa shape index (κ3) is 6.20. The maximum absolute atomic E-state index is 12.7. The van der Waals surface area contributed by atoms with E-state index in [1.807, 2.05) is 12.1 Å². The average Bonchev–Trinajstić information content (AvgIpc) is 2.92. The molecule has 1 aliphatic rings. The van der Waals surface area contributed by atoms with Gasteiger partial charge >= 0.3 is 0 Å². The normalized spacial score (nSPS) is 15.1. The van der Waals surface area contributed by atoms with E-state index in [1.54, 1.807) is 24.3 Å². The van der Waals surface area contributed by atoms with E-state index >= 15 is 0 Å². The molecular formula is C24H21N7O5S2. The first-order valence-electron chi connectivity index (χ1n) is 11.0. The summed E-state index contributed by atoms with van der Waals surface area (Å²) >= 11 is 1.12. The van der Waals surface area contributed by atoms with Gasteiger partial charge in [0.25, 0.3) is 21.8 Å². The number of methoxy groups -OCH3 is 1. The summed E-state index contributed by atoms with van der Waals surface area (Å²) in [6.07, 6.45) is 2.69. The Balaban J connectivity index is 1.35. The Morgan fingerprint density at radius 2 is 1.82 bits per heavy atom. The number of nitrogens with one attached hydrogen (secondary N) is 4. The van der Waals surface area contributed by atoms with Crippen LogP contribution in [0, 0.1) is 11.3 Å². The van der Waals surface area contributed by atoms with Gasteiger partial charge < -0.3 is 20.7 Å². The number of rotatable bonds is 9. The Hall–Kier alpha value is -4.61. The fourth-order valence-electron chi connectivity index (χ4n) is 3.37. The molecule has 0 saturated heterocycles. The molecule has 4 N–H and O–H groups in total. The molecule has 0 fully saturated rings. The molecular weight excluding hydrogens is 530 g/mol. The molecule has 1 aliphatic heterocycles. The van der Waals surface area contributed by atoms with E-state index in [-0.39, 0.29) is 33.8 Å². The molecule has 1 aromatic heterocycles. The Bertz CT molecular complexity index is 1520. The summed E-state index contributed by atoms with van der Waals surface area (Å²) in [7, 11) is -2.64. The molecule has 1 atom stereocenters. The van der Waals surface area contributed by atoms with Crippen molar-refractivity contribution >= 4 is 50.8 Å². The summed E-state index contributed by atoms with van der Waals surface area (Å²) < 4.78 is 32.7. The van der Waals surface area contributed by atoms with Crippen molar-refractivity contribution < 1.29 is 22.7 Å². The Morgan fingerprint density at radius 1 is 1.11 bits per heavy atom. The minimum absolute atomic E-state index is 0.0244. The highest BCUT2D eigenvalue weighted by molar-refractivity contribution is 8.00. The molecule has 2 heterocycles. The van der Waals surface area contributed by atoms with E-state index in [4.69, 9.17) is 4.74 Å². The van der Waals surface area contributed by atoms with Crippen LogP contribution >= 0.6 is 11.8 Å². The lowest BCUT2D eigenvalue weighted by Crippen LogP contribution is -2.48. The van der Waals surface area contributed by atoms with Gasteiger partial charge in [0, 0.05) is 18.1 Å². The zero-order valence-corrected chi connectivity index (χ0v) is 21.5. The number of nitrogens with zero attached hydrogens (tertiary/aromatic N) is 3. The highest BCUT2D eigenvalue weighted by Crippen LogP contribution is 2.24. The molecule has 0 spiro atoms. The van der Waals surface area contributed by atoms with Crippen LogP contribution in [0.4, 0.5) is 11.5 Å². The van der Waals surface area contributed by atoms with E-state index in [2.05, 4.69) is 30.6 Å². The number of hydrogen-bond donors (Lipinski definition) is 4. The molecule has 2 aromatic carbocycles. The number of carbonyl (C=O) groups is 2. The molecule has 0 saturated carbocycles. The Kier molecular flexibility index (Phi) is 8.09. The maximum atomic E-state index is 12.7. The number of aromatic nitrogens is 2. The predicted octanol–water partition coefficient (Wildman–Crippen LogP) is 1.90. The Morgan fingerprint density at radius 3 is 2.50 bits per heavy atom. The van der Waals surface area contributed by atoms with Crippen LogP contribution in [0.1, 0.15) is 5.56 Å². The summed E-state index contributed by atoms with van der Waals surface area (Å²) in [6, 6.07) is 16.4. The standard InChI is InChI=1S/C24H21N7O5S2/c1-36-23-21(26-11-12-27-23)31-38(34,35)17-9-7-16(8-10-17)28-19(32)14-37-24-29-20(15-5-3-2-4-6-15)18(13-25)22(33)30-24/h2-12,24,29H,14H2,1H3,(H,26,31)(H,28,32)(H,30,33). The number of ether oxygens (including phenoxy) is 1. The van der Waals surface area contributed by atoms with E-state index in [0.717, 1.165) is 11.8 Å². The number of sulfonamides is 1. The van der Waals surface area contributed by atoms with E-state index in [0.29, 0.717) is 16.9 Å². The van der Waals surface area contributed by atoms with Crippen molar-refractivity contribution in [2.24, 2.45) is 0 Å². The van der Waals surface area contributed by atoms with Crippen LogP contribution in [-0.4, -0.2) is 48.6 Å². The topological polar surface area (TPSA) is 175 Å². The van der Waals surface area contributed by atoms with Gasteiger partial charge in [0.2, 0.25) is 11.7 Å². The molecule has 3 aromatic rings. The van der Waals surface area contributed by atoms with Crippen molar-refractivity contribution in [3.63, 3.8) is 0 Å². The molecule has 38 heavy (non-hydrogen) atoms. The van der Waals surface area contributed by atoms with Crippen molar-refractivity contribution in [2.45, 2.75) is 10.4 Å². The van der Waals surface area contributed by atoms with Gasteiger partial charge in [0.05, 0.1) is 23.5 Å². The van der Waals surface area contributed by atoms with Crippen LogP contribution in [0.2, 0.25) is 0 Å². The monoisotopic (exact) mass is 551 g/mol. The number of nitriles is 1. The van der Waals surface area contributed by atoms with Gasteiger partial charge in [-0.2, -0.15) is 5.26 Å². The van der Waals surface area contributed by atoms with Gasteiger partial charge in [0.1, 0.15) is 17.1 Å². The molecule has 1 unspecified atom stereocenters. The lowest BCUT2D eigenvalue weighted by molar-refractivity contribution is -0.118. The first-order valence-corrected chi connectivity index (χ1v) is 13.5. The molecule has 0 radical (unpaired) electrons. The second kappa shape index (κ2) is 11.6. The second-order valence-corrected chi connectivity index (χ2v) is 10.4. The van der Waals surface area contributed by atoms with Crippen molar-refractivity contribution in [3.05, 3.63) is 78.1 Å². The lowest BCUT2D eigenvalue weighted by atomic mass is 10.1. The first kappa shape index (κ1) is 26.5. The smallest absolute Gasteiger partial charge is 0.266 e. The molecule has 194 valence electrons. The molecule has 2 amide bonds. The number of amides is 2. The van der Waals surface area contributed by atoms with Crippen molar-refractivity contribution in [2.75, 3.05) is 22.9 Å².